The van der Waals surface area contributed by atoms with Gasteiger partial charge in [0.1, 0.15) is 17.2 Å². The van der Waals surface area contributed by atoms with Crippen LogP contribution in [0.1, 0.15) is 12.5 Å². The summed E-state index contributed by atoms with van der Waals surface area (Å²) in [4.78, 5) is 19.7. The van der Waals surface area contributed by atoms with Crippen LogP contribution in [0.2, 0.25) is 0 Å². The lowest BCUT2D eigenvalue weighted by atomic mass is 10.1. The molecule has 0 unspecified atom stereocenters. The van der Waals surface area contributed by atoms with Gasteiger partial charge in [-0.2, -0.15) is 0 Å². The zero-order chi connectivity index (χ0) is 20.1. The SMILES string of the molecule is CCN1C(=O)/C(=C\c2ccc(OC)cc2OC)SC1=Nc1ccc(OC)cc1. The van der Waals surface area contributed by atoms with Gasteiger partial charge in [0.15, 0.2) is 5.17 Å². The summed E-state index contributed by atoms with van der Waals surface area (Å²) >= 11 is 1.35. The quantitative estimate of drug-likeness (QED) is 0.678. The van der Waals surface area contributed by atoms with Crippen molar-refractivity contribution in [2.24, 2.45) is 4.99 Å². The molecule has 0 aromatic heterocycles. The summed E-state index contributed by atoms with van der Waals surface area (Å²) in [5, 5.41) is 0.649. The molecule has 0 radical (unpaired) electrons. The van der Waals surface area contributed by atoms with Crippen LogP contribution in [0.25, 0.3) is 6.08 Å². The fraction of sp³-hybridized carbons (Fsp3) is 0.238. The second-order valence-electron chi connectivity index (χ2n) is 5.86. The molecule has 0 bridgehead atoms. The Kier molecular flexibility index (Phi) is 6.26. The van der Waals surface area contributed by atoms with E-state index in [9.17, 15) is 4.79 Å². The number of rotatable bonds is 6. The predicted molar refractivity (Wildman–Crippen MR) is 113 cm³/mol. The van der Waals surface area contributed by atoms with Gasteiger partial charge in [-0.05, 0) is 61.2 Å². The Morgan fingerprint density at radius 2 is 1.68 bits per heavy atom. The monoisotopic (exact) mass is 398 g/mol. The minimum Gasteiger partial charge on any atom is -0.497 e. The highest BCUT2D eigenvalue weighted by molar-refractivity contribution is 8.18. The van der Waals surface area contributed by atoms with Crippen molar-refractivity contribution < 1.29 is 19.0 Å². The maximum atomic E-state index is 12.8. The van der Waals surface area contributed by atoms with Crippen molar-refractivity contribution in [3.05, 3.63) is 52.9 Å². The number of hydrogen-bond acceptors (Lipinski definition) is 6. The zero-order valence-corrected chi connectivity index (χ0v) is 17.1. The van der Waals surface area contributed by atoms with Crippen molar-refractivity contribution in [2.75, 3.05) is 27.9 Å². The molecule has 146 valence electrons. The van der Waals surface area contributed by atoms with E-state index in [1.165, 1.54) is 11.8 Å². The molecule has 2 aromatic carbocycles. The molecule has 1 saturated heterocycles. The number of benzene rings is 2. The number of carbonyl (C=O) groups is 1. The van der Waals surface area contributed by atoms with Crippen LogP contribution < -0.4 is 14.2 Å². The predicted octanol–water partition coefficient (Wildman–Crippen LogP) is 4.34. The molecule has 3 rings (SSSR count). The molecule has 28 heavy (non-hydrogen) atoms. The Bertz CT molecular complexity index is 923. The molecule has 7 heteroatoms. The zero-order valence-electron chi connectivity index (χ0n) is 16.3. The maximum Gasteiger partial charge on any atom is 0.266 e. The first-order valence-corrected chi connectivity index (χ1v) is 9.57. The number of likely N-dealkylation sites (N-methyl/N-ethyl adjacent to an activating group) is 1. The van der Waals surface area contributed by atoms with E-state index < -0.39 is 0 Å². The van der Waals surface area contributed by atoms with Gasteiger partial charge in [-0.25, -0.2) is 4.99 Å². The molecule has 1 aliphatic heterocycles. The van der Waals surface area contributed by atoms with Gasteiger partial charge in [0.2, 0.25) is 0 Å². The molecule has 0 aliphatic carbocycles. The fourth-order valence-corrected chi connectivity index (χ4v) is 3.77. The minimum absolute atomic E-state index is 0.0716. The Balaban J connectivity index is 1.92. The molecule has 0 N–H and O–H groups in total. The van der Waals surface area contributed by atoms with E-state index in [0.29, 0.717) is 28.1 Å². The van der Waals surface area contributed by atoms with E-state index in [4.69, 9.17) is 14.2 Å². The standard InChI is InChI=1S/C21H22N2O4S/c1-5-23-20(24)19(12-14-6-9-17(26-3)13-18(14)27-4)28-21(23)22-15-7-10-16(25-2)11-8-15/h6-13H,5H2,1-4H3/b19-12+,22-21?. The number of ether oxygens (including phenoxy) is 3. The molecule has 1 amide bonds. The first-order chi connectivity index (χ1) is 13.6. The van der Waals surface area contributed by atoms with Crippen molar-refractivity contribution >= 4 is 34.6 Å². The lowest BCUT2D eigenvalue weighted by molar-refractivity contribution is -0.122. The van der Waals surface area contributed by atoms with E-state index in [1.807, 2.05) is 49.4 Å². The maximum absolute atomic E-state index is 12.8. The van der Waals surface area contributed by atoms with Gasteiger partial charge >= 0.3 is 0 Å². The first kappa shape index (κ1) is 19.8. The van der Waals surface area contributed by atoms with Gasteiger partial charge in [0.25, 0.3) is 5.91 Å². The Labute approximate surface area is 168 Å². The summed E-state index contributed by atoms with van der Waals surface area (Å²) in [6, 6.07) is 12.9. The van der Waals surface area contributed by atoms with Crippen LogP contribution in [0.5, 0.6) is 17.2 Å². The van der Waals surface area contributed by atoms with Crippen molar-refractivity contribution in [2.45, 2.75) is 6.92 Å². The van der Waals surface area contributed by atoms with Crippen molar-refractivity contribution in [3.63, 3.8) is 0 Å². The third kappa shape index (κ3) is 4.14. The summed E-state index contributed by atoms with van der Waals surface area (Å²) in [6.07, 6.45) is 1.82. The Morgan fingerprint density at radius 3 is 2.29 bits per heavy atom. The normalized spacial score (nSPS) is 16.7. The van der Waals surface area contributed by atoms with Gasteiger partial charge < -0.3 is 14.2 Å². The average molecular weight is 398 g/mol. The van der Waals surface area contributed by atoms with Crippen molar-refractivity contribution in [1.29, 1.82) is 0 Å². The molecule has 0 saturated carbocycles. The Morgan fingerprint density at radius 1 is 1.00 bits per heavy atom. The molecule has 2 aromatic rings. The number of amides is 1. The lowest BCUT2D eigenvalue weighted by Crippen LogP contribution is -2.28. The lowest BCUT2D eigenvalue weighted by Gasteiger charge is -2.12. The second-order valence-corrected chi connectivity index (χ2v) is 6.87. The van der Waals surface area contributed by atoms with Crippen LogP contribution >= 0.6 is 11.8 Å². The molecular formula is C21H22N2O4S. The third-order valence-electron chi connectivity index (χ3n) is 4.23. The average Bonchev–Trinajstić information content (AvgIpc) is 3.02. The van der Waals surface area contributed by atoms with Gasteiger partial charge in [-0.1, -0.05) is 0 Å². The number of carbonyl (C=O) groups excluding carboxylic acids is 1. The van der Waals surface area contributed by atoms with E-state index in [-0.39, 0.29) is 5.91 Å². The highest BCUT2D eigenvalue weighted by Gasteiger charge is 2.32. The van der Waals surface area contributed by atoms with Crippen LogP contribution in [-0.2, 0) is 4.79 Å². The van der Waals surface area contributed by atoms with Crippen LogP contribution in [-0.4, -0.2) is 43.8 Å². The summed E-state index contributed by atoms with van der Waals surface area (Å²) < 4.78 is 15.8. The van der Waals surface area contributed by atoms with Crippen molar-refractivity contribution in [3.8, 4) is 17.2 Å². The number of nitrogens with zero attached hydrogens (tertiary/aromatic N) is 2. The van der Waals surface area contributed by atoms with E-state index in [1.54, 1.807) is 32.3 Å². The Hall–Kier alpha value is -2.93. The van der Waals surface area contributed by atoms with Crippen LogP contribution in [0.4, 0.5) is 5.69 Å². The number of aliphatic imine (C=N–C) groups is 1. The molecule has 1 fully saturated rings. The number of thioether (sulfide) groups is 1. The highest BCUT2D eigenvalue weighted by atomic mass is 32.2. The summed E-state index contributed by atoms with van der Waals surface area (Å²) in [5.74, 6) is 2.03. The molecular weight excluding hydrogens is 376 g/mol. The highest BCUT2D eigenvalue weighted by Crippen LogP contribution is 2.36. The molecule has 0 spiro atoms. The van der Waals surface area contributed by atoms with Crippen LogP contribution in [0.15, 0.2) is 52.4 Å². The number of methoxy groups -OCH3 is 3. The smallest absolute Gasteiger partial charge is 0.266 e. The summed E-state index contributed by atoms with van der Waals surface area (Å²) in [7, 11) is 4.81. The van der Waals surface area contributed by atoms with E-state index in [2.05, 4.69) is 4.99 Å². The summed E-state index contributed by atoms with van der Waals surface area (Å²) in [6.45, 7) is 2.47. The van der Waals surface area contributed by atoms with Crippen molar-refractivity contribution in [1.82, 2.24) is 4.90 Å². The van der Waals surface area contributed by atoms with E-state index in [0.717, 1.165) is 17.0 Å². The molecule has 1 heterocycles. The number of hydrogen-bond donors (Lipinski definition) is 0. The fourth-order valence-electron chi connectivity index (χ4n) is 2.72. The molecule has 6 nitrogen and oxygen atoms in total. The molecule has 0 atom stereocenters. The minimum atomic E-state index is -0.0716. The largest absolute Gasteiger partial charge is 0.497 e. The van der Waals surface area contributed by atoms with Gasteiger partial charge in [0, 0.05) is 18.2 Å². The van der Waals surface area contributed by atoms with E-state index >= 15 is 0 Å². The second kappa shape index (κ2) is 8.84. The van der Waals surface area contributed by atoms with Gasteiger partial charge in [-0.3, -0.25) is 9.69 Å². The van der Waals surface area contributed by atoms with Gasteiger partial charge in [0.05, 0.1) is 31.9 Å². The third-order valence-corrected chi connectivity index (χ3v) is 5.24. The molecule has 1 aliphatic rings. The topological polar surface area (TPSA) is 60.4 Å². The first-order valence-electron chi connectivity index (χ1n) is 8.75. The van der Waals surface area contributed by atoms with Crippen LogP contribution in [0, 0.1) is 0 Å². The number of amidine groups is 1. The summed E-state index contributed by atoms with van der Waals surface area (Å²) in [5.41, 5.74) is 1.57. The van der Waals surface area contributed by atoms with Gasteiger partial charge in [-0.15, -0.1) is 0 Å². The van der Waals surface area contributed by atoms with Crippen LogP contribution in [0.3, 0.4) is 0 Å².